The number of carbonyl (C=O) groups is 2. The van der Waals surface area contributed by atoms with Crippen LogP contribution in [-0.2, 0) is 33.6 Å². The number of ether oxygens (including phenoxy) is 1. The molecule has 1 aromatic carbocycles. The van der Waals surface area contributed by atoms with Gasteiger partial charge >= 0.3 is 5.97 Å². The molecule has 3 rings (SSSR count). The van der Waals surface area contributed by atoms with E-state index in [1.807, 2.05) is 36.1 Å². The fourth-order valence-corrected chi connectivity index (χ4v) is 6.05. The number of hydrogen-bond acceptors (Lipinski definition) is 5. The average molecular weight is 478 g/mol. The number of thiophene rings is 1. The van der Waals surface area contributed by atoms with Crippen LogP contribution in [0.1, 0.15) is 67.3 Å². The van der Waals surface area contributed by atoms with Gasteiger partial charge in [-0.3, -0.25) is 4.79 Å². The Morgan fingerprint density at radius 3 is 2.56 bits per heavy atom. The van der Waals surface area contributed by atoms with Crippen molar-refractivity contribution in [2.24, 2.45) is 5.92 Å². The molecule has 1 aliphatic rings. The van der Waals surface area contributed by atoms with Gasteiger partial charge in [0.1, 0.15) is 4.21 Å². The molecule has 32 heavy (non-hydrogen) atoms. The van der Waals surface area contributed by atoms with Crippen LogP contribution in [0.15, 0.2) is 28.5 Å². The lowest BCUT2D eigenvalue weighted by Gasteiger charge is -2.16. The van der Waals surface area contributed by atoms with Gasteiger partial charge in [0.05, 0.1) is 12.2 Å². The van der Waals surface area contributed by atoms with E-state index in [1.165, 1.54) is 11.3 Å². The Balaban J connectivity index is 1.98. The predicted octanol–water partition coefficient (Wildman–Crippen LogP) is 5.27. The van der Waals surface area contributed by atoms with E-state index in [4.69, 9.17) is 4.74 Å². The maximum absolute atomic E-state index is 13.0. The molecule has 6 nitrogen and oxygen atoms in total. The fourth-order valence-electron chi connectivity index (χ4n) is 3.82. The molecule has 2 heterocycles. The Bertz CT molecular complexity index is 981. The molecule has 1 atom stereocenters. The zero-order chi connectivity index (χ0) is 23.3. The van der Waals surface area contributed by atoms with Gasteiger partial charge < -0.3 is 14.2 Å². The predicted molar refractivity (Wildman–Crippen MR) is 127 cm³/mol. The minimum atomic E-state index is -2.23. The van der Waals surface area contributed by atoms with Gasteiger partial charge in [-0.15, -0.1) is 11.3 Å². The van der Waals surface area contributed by atoms with Crippen molar-refractivity contribution in [3.8, 4) is 11.1 Å². The third kappa shape index (κ3) is 5.85. The Kier molecular flexibility index (Phi) is 8.62. The van der Waals surface area contributed by atoms with E-state index < -0.39 is 17.0 Å². The smallest absolute Gasteiger partial charge is 0.339 e. The molecule has 0 bridgehead atoms. The summed E-state index contributed by atoms with van der Waals surface area (Å²) in [5, 5.41) is 0. The molecule has 0 spiro atoms. The van der Waals surface area contributed by atoms with E-state index in [9.17, 15) is 18.4 Å². The van der Waals surface area contributed by atoms with Crippen molar-refractivity contribution in [2.75, 3.05) is 13.2 Å². The molecular weight excluding hydrogens is 446 g/mol. The molecule has 174 valence electrons. The van der Waals surface area contributed by atoms with E-state index in [2.05, 4.69) is 13.8 Å². The fraction of sp³-hybridized carbons (Fsp3) is 0.500. The van der Waals surface area contributed by atoms with Gasteiger partial charge in [0, 0.05) is 30.0 Å². The van der Waals surface area contributed by atoms with Crippen molar-refractivity contribution in [1.29, 1.82) is 0 Å². The maximum Gasteiger partial charge on any atom is 0.339 e. The van der Waals surface area contributed by atoms with Gasteiger partial charge in [-0.05, 0) is 36.3 Å². The van der Waals surface area contributed by atoms with Gasteiger partial charge in [-0.2, -0.15) is 0 Å². The summed E-state index contributed by atoms with van der Waals surface area (Å²) in [5.41, 5.74) is 2.57. The van der Waals surface area contributed by atoms with Crippen LogP contribution in [0.25, 0.3) is 11.1 Å². The zero-order valence-corrected chi connectivity index (χ0v) is 20.5. The van der Waals surface area contributed by atoms with Crippen LogP contribution in [0.5, 0.6) is 0 Å². The van der Waals surface area contributed by atoms with Gasteiger partial charge in [-0.25, -0.2) is 9.00 Å². The number of nitrogens with zero attached hydrogens (tertiary/aromatic N) is 1. The first-order valence-corrected chi connectivity index (χ1v) is 13.0. The van der Waals surface area contributed by atoms with Crippen molar-refractivity contribution >= 4 is 34.3 Å². The summed E-state index contributed by atoms with van der Waals surface area (Å²) < 4.78 is 28.0. The van der Waals surface area contributed by atoms with Gasteiger partial charge in [0.2, 0.25) is 5.91 Å². The molecule has 1 unspecified atom stereocenters. The summed E-state index contributed by atoms with van der Waals surface area (Å²) >= 11 is -1.01. The van der Waals surface area contributed by atoms with Crippen molar-refractivity contribution in [1.82, 2.24) is 4.90 Å². The van der Waals surface area contributed by atoms with E-state index in [1.54, 1.807) is 0 Å². The monoisotopic (exact) mass is 477 g/mol. The van der Waals surface area contributed by atoms with Crippen molar-refractivity contribution < 1.29 is 23.1 Å². The molecule has 1 aliphatic heterocycles. The molecule has 1 N–H and O–H groups in total. The molecule has 1 fully saturated rings. The highest BCUT2D eigenvalue weighted by Gasteiger charge is 2.28. The Labute approximate surface area is 196 Å². The highest BCUT2D eigenvalue weighted by molar-refractivity contribution is 7.82. The van der Waals surface area contributed by atoms with Crippen LogP contribution in [-0.4, -0.2) is 38.7 Å². The SMILES string of the molecule is CCCCOC(=O)c1c(CC(C)C)sc(S(=O)O)c1-c1ccc(CN2CCCC2=O)cc1. The molecule has 1 amide bonds. The summed E-state index contributed by atoms with van der Waals surface area (Å²) in [4.78, 5) is 27.6. The van der Waals surface area contributed by atoms with Crippen LogP contribution >= 0.6 is 11.3 Å². The van der Waals surface area contributed by atoms with E-state index >= 15 is 0 Å². The third-order valence-electron chi connectivity index (χ3n) is 5.42. The summed E-state index contributed by atoms with van der Waals surface area (Å²) in [6.45, 7) is 7.77. The van der Waals surface area contributed by atoms with Crippen LogP contribution in [0, 0.1) is 5.92 Å². The van der Waals surface area contributed by atoms with Crippen LogP contribution < -0.4 is 0 Å². The second kappa shape index (κ2) is 11.2. The van der Waals surface area contributed by atoms with Crippen molar-refractivity contribution in [2.45, 2.75) is 63.6 Å². The number of hydrogen-bond donors (Lipinski definition) is 1. The van der Waals surface area contributed by atoms with Crippen molar-refractivity contribution in [3.05, 3.63) is 40.3 Å². The highest BCUT2D eigenvalue weighted by atomic mass is 32.2. The molecule has 0 saturated carbocycles. The third-order valence-corrected chi connectivity index (χ3v) is 7.63. The van der Waals surface area contributed by atoms with Crippen LogP contribution in [0.2, 0.25) is 0 Å². The standard InChI is InChI=1S/C24H31NO5S2/c1-4-5-13-30-23(27)22-19(14-16(2)3)31-24(32(28)29)21(22)18-10-8-17(9-11-18)15-25-12-6-7-20(25)26/h8-11,16H,4-7,12-15H2,1-3H3,(H,28,29). The molecule has 8 heteroatoms. The number of unbranched alkanes of at least 4 members (excludes halogenated alkanes) is 1. The minimum Gasteiger partial charge on any atom is -0.462 e. The molecule has 1 aromatic heterocycles. The highest BCUT2D eigenvalue weighted by Crippen LogP contribution is 2.40. The van der Waals surface area contributed by atoms with Crippen LogP contribution in [0.3, 0.4) is 0 Å². The number of amides is 1. The van der Waals surface area contributed by atoms with E-state index in [-0.39, 0.29) is 16.0 Å². The molecular formula is C24H31NO5S2. The number of likely N-dealkylation sites (tertiary alicyclic amines) is 1. The summed E-state index contributed by atoms with van der Waals surface area (Å²) in [6.07, 6.45) is 3.80. The second-order valence-electron chi connectivity index (χ2n) is 8.52. The lowest BCUT2D eigenvalue weighted by atomic mass is 9.98. The number of carbonyl (C=O) groups excluding carboxylic acids is 2. The largest absolute Gasteiger partial charge is 0.462 e. The van der Waals surface area contributed by atoms with E-state index in [0.717, 1.165) is 36.2 Å². The van der Waals surface area contributed by atoms with Gasteiger partial charge in [-0.1, -0.05) is 51.5 Å². The molecule has 1 saturated heterocycles. The first-order valence-electron chi connectivity index (χ1n) is 11.1. The summed E-state index contributed by atoms with van der Waals surface area (Å²) in [5.74, 6) is 0.00754. The minimum absolute atomic E-state index is 0.167. The summed E-state index contributed by atoms with van der Waals surface area (Å²) in [6, 6.07) is 7.54. The number of esters is 1. The Morgan fingerprint density at radius 1 is 1.28 bits per heavy atom. The number of benzene rings is 1. The maximum atomic E-state index is 13.0. The molecule has 2 aromatic rings. The topological polar surface area (TPSA) is 83.9 Å². The summed E-state index contributed by atoms with van der Waals surface area (Å²) in [7, 11) is 0. The first kappa shape index (κ1) is 24.6. The lowest BCUT2D eigenvalue weighted by Crippen LogP contribution is -2.23. The van der Waals surface area contributed by atoms with Gasteiger partial charge in [0.15, 0.2) is 11.1 Å². The van der Waals surface area contributed by atoms with E-state index in [0.29, 0.717) is 42.7 Å². The first-order chi connectivity index (χ1) is 15.3. The van der Waals surface area contributed by atoms with Crippen LogP contribution in [0.4, 0.5) is 0 Å². The Hall–Kier alpha value is -2.03. The van der Waals surface area contributed by atoms with Crippen molar-refractivity contribution in [3.63, 3.8) is 0 Å². The normalized spacial score (nSPS) is 14.9. The average Bonchev–Trinajstić information content (AvgIpc) is 3.32. The number of rotatable bonds is 10. The molecule has 0 aliphatic carbocycles. The molecule has 0 radical (unpaired) electrons. The Morgan fingerprint density at radius 2 is 2.00 bits per heavy atom. The second-order valence-corrected chi connectivity index (χ2v) is 10.8. The quantitative estimate of drug-likeness (QED) is 0.286. The zero-order valence-electron chi connectivity index (χ0n) is 18.9. The van der Waals surface area contributed by atoms with Gasteiger partial charge in [0.25, 0.3) is 0 Å². The lowest BCUT2D eigenvalue weighted by molar-refractivity contribution is -0.128.